The molecular formula is C23H18ClN4O5P. The number of rotatable bonds is 6. The number of halogens is 1. The van der Waals surface area contributed by atoms with Gasteiger partial charge in [0.2, 0.25) is 0 Å². The Morgan fingerprint density at radius 2 is 2.00 bits per heavy atom. The standard InChI is InChI=1S/C23H18ClN4O5P/c1-14-27-20-13-26-12-16(11-25)22(20)23(29)28(14)7-8-33-21-6-5-17(24)10-19(21)15-3-2-4-18(9-15)34(30,31)32/h2-6,9-10,12-13H,7-8H2,1H3,(H2,30,31,32). The predicted molar refractivity (Wildman–Crippen MR) is 127 cm³/mol. The van der Waals surface area contributed by atoms with Gasteiger partial charge in [0.15, 0.2) is 0 Å². The third-order valence-corrected chi connectivity index (χ3v) is 6.37. The van der Waals surface area contributed by atoms with E-state index in [0.29, 0.717) is 33.2 Å². The number of aromatic nitrogens is 3. The lowest BCUT2D eigenvalue weighted by Crippen LogP contribution is -2.27. The summed E-state index contributed by atoms with van der Waals surface area (Å²) >= 11 is 6.16. The highest BCUT2D eigenvalue weighted by molar-refractivity contribution is 7.60. The Labute approximate surface area is 199 Å². The molecule has 9 nitrogen and oxygen atoms in total. The smallest absolute Gasteiger partial charge is 0.356 e. The van der Waals surface area contributed by atoms with Crippen LogP contribution in [-0.4, -0.2) is 30.9 Å². The van der Waals surface area contributed by atoms with Crippen LogP contribution in [0.2, 0.25) is 5.02 Å². The molecule has 2 N–H and O–H groups in total. The molecule has 0 spiro atoms. The van der Waals surface area contributed by atoms with E-state index >= 15 is 0 Å². The van der Waals surface area contributed by atoms with Crippen LogP contribution < -0.4 is 15.6 Å². The molecular weight excluding hydrogens is 479 g/mol. The summed E-state index contributed by atoms with van der Waals surface area (Å²) in [7, 11) is -4.44. The van der Waals surface area contributed by atoms with E-state index in [4.69, 9.17) is 16.3 Å². The molecule has 0 bridgehead atoms. The van der Waals surface area contributed by atoms with Crippen molar-refractivity contribution in [3.8, 4) is 22.9 Å². The van der Waals surface area contributed by atoms with Crippen LogP contribution in [0.1, 0.15) is 11.4 Å². The Bertz CT molecular complexity index is 1560. The Morgan fingerprint density at radius 1 is 1.21 bits per heavy atom. The van der Waals surface area contributed by atoms with E-state index in [1.165, 1.54) is 29.1 Å². The van der Waals surface area contributed by atoms with Crippen molar-refractivity contribution in [3.05, 3.63) is 81.6 Å². The number of fused-ring (bicyclic) bond motifs is 1. The molecule has 0 aliphatic heterocycles. The average molecular weight is 497 g/mol. The summed E-state index contributed by atoms with van der Waals surface area (Å²) in [6, 6.07) is 12.9. The minimum atomic E-state index is -4.44. The normalized spacial score (nSPS) is 11.4. The van der Waals surface area contributed by atoms with Gasteiger partial charge in [0.05, 0.1) is 34.5 Å². The van der Waals surface area contributed by atoms with Crippen LogP contribution in [0.3, 0.4) is 0 Å². The van der Waals surface area contributed by atoms with Gasteiger partial charge in [-0.25, -0.2) is 4.98 Å². The zero-order valence-corrected chi connectivity index (χ0v) is 19.5. The van der Waals surface area contributed by atoms with Gasteiger partial charge in [-0.15, -0.1) is 0 Å². The van der Waals surface area contributed by atoms with Crippen LogP contribution in [0, 0.1) is 18.3 Å². The lowest BCUT2D eigenvalue weighted by Gasteiger charge is -2.15. The van der Waals surface area contributed by atoms with Gasteiger partial charge in [0.25, 0.3) is 5.56 Å². The van der Waals surface area contributed by atoms with Crippen molar-refractivity contribution in [2.45, 2.75) is 13.5 Å². The van der Waals surface area contributed by atoms with Gasteiger partial charge in [-0.2, -0.15) is 5.26 Å². The van der Waals surface area contributed by atoms with E-state index in [-0.39, 0.29) is 35.0 Å². The zero-order valence-electron chi connectivity index (χ0n) is 17.8. The molecule has 0 fully saturated rings. The molecule has 0 saturated heterocycles. The number of hydrogen-bond acceptors (Lipinski definition) is 6. The van der Waals surface area contributed by atoms with Crippen molar-refractivity contribution in [2.75, 3.05) is 6.61 Å². The number of benzene rings is 2. The van der Waals surface area contributed by atoms with Crippen LogP contribution in [0.4, 0.5) is 0 Å². The molecule has 2 aromatic carbocycles. The van der Waals surface area contributed by atoms with Crippen LogP contribution >= 0.6 is 19.2 Å². The van der Waals surface area contributed by atoms with Crippen molar-refractivity contribution in [3.63, 3.8) is 0 Å². The zero-order chi connectivity index (χ0) is 24.5. The first-order valence-electron chi connectivity index (χ1n) is 10.0. The largest absolute Gasteiger partial charge is 0.491 e. The predicted octanol–water partition coefficient (Wildman–Crippen LogP) is 3.17. The summed E-state index contributed by atoms with van der Waals surface area (Å²) in [5.74, 6) is 0.872. The van der Waals surface area contributed by atoms with Crippen LogP contribution in [0.25, 0.3) is 22.0 Å². The summed E-state index contributed by atoms with van der Waals surface area (Å²) in [6.07, 6.45) is 2.77. The highest BCUT2D eigenvalue weighted by Gasteiger charge is 2.19. The van der Waals surface area contributed by atoms with Gasteiger partial charge < -0.3 is 14.5 Å². The Kier molecular flexibility index (Phi) is 6.51. The average Bonchev–Trinajstić information content (AvgIpc) is 2.81. The maximum atomic E-state index is 13.0. The first-order valence-corrected chi connectivity index (χ1v) is 12.0. The van der Waals surface area contributed by atoms with Crippen molar-refractivity contribution in [1.29, 1.82) is 5.26 Å². The third-order valence-electron chi connectivity index (χ3n) is 5.19. The van der Waals surface area contributed by atoms with Crippen LogP contribution in [-0.2, 0) is 11.1 Å². The number of aryl methyl sites for hydroxylation is 1. The first kappa shape index (κ1) is 23.6. The monoisotopic (exact) mass is 496 g/mol. The van der Waals surface area contributed by atoms with E-state index < -0.39 is 7.60 Å². The van der Waals surface area contributed by atoms with Gasteiger partial charge in [-0.05, 0) is 42.8 Å². The molecule has 0 atom stereocenters. The number of nitriles is 1. The molecule has 0 radical (unpaired) electrons. The minimum absolute atomic E-state index is 0.0910. The second-order valence-electron chi connectivity index (χ2n) is 7.39. The molecule has 4 rings (SSSR count). The Hall–Kier alpha value is -3.54. The maximum absolute atomic E-state index is 13.0. The minimum Gasteiger partial charge on any atom is -0.491 e. The van der Waals surface area contributed by atoms with Gasteiger partial charge in [0.1, 0.15) is 24.3 Å². The fourth-order valence-corrected chi connectivity index (χ4v) is 4.34. The van der Waals surface area contributed by atoms with Crippen LogP contribution in [0.15, 0.2) is 59.7 Å². The van der Waals surface area contributed by atoms with Crippen molar-refractivity contribution in [1.82, 2.24) is 14.5 Å². The van der Waals surface area contributed by atoms with E-state index in [1.54, 1.807) is 37.3 Å². The quantitative estimate of drug-likeness (QED) is 0.388. The molecule has 0 aliphatic rings. The second kappa shape index (κ2) is 9.37. The summed E-state index contributed by atoms with van der Waals surface area (Å²) in [4.78, 5) is 40.4. The molecule has 2 aromatic heterocycles. The highest BCUT2D eigenvalue weighted by atomic mass is 35.5. The SMILES string of the molecule is Cc1nc2cncc(C#N)c2c(=O)n1CCOc1ccc(Cl)cc1-c1cccc(P(=O)(O)O)c1. The van der Waals surface area contributed by atoms with Gasteiger partial charge in [-0.1, -0.05) is 23.7 Å². The van der Waals surface area contributed by atoms with E-state index in [1.807, 2.05) is 6.07 Å². The maximum Gasteiger partial charge on any atom is 0.356 e. The molecule has 2 heterocycles. The lowest BCUT2D eigenvalue weighted by molar-refractivity contribution is 0.295. The highest BCUT2D eigenvalue weighted by Crippen LogP contribution is 2.37. The topological polar surface area (TPSA) is 138 Å². The second-order valence-corrected chi connectivity index (χ2v) is 9.43. The number of ether oxygens (including phenoxy) is 1. The summed E-state index contributed by atoms with van der Waals surface area (Å²) in [5.41, 5.74) is 1.19. The molecule has 11 heteroatoms. The molecule has 0 saturated carbocycles. The Morgan fingerprint density at radius 3 is 2.74 bits per heavy atom. The first-order chi connectivity index (χ1) is 16.2. The lowest BCUT2D eigenvalue weighted by atomic mass is 10.0. The number of pyridine rings is 1. The van der Waals surface area contributed by atoms with E-state index in [2.05, 4.69) is 9.97 Å². The van der Waals surface area contributed by atoms with Crippen molar-refractivity contribution < 1.29 is 19.1 Å². The van der Waals surface area contributed by atoms with E-state index in [0.717, 1.165) is 0 Å². The molecule has 172 valence electrons. The molecule has 0 unspecified atom stereocenters. The fraction of sp³-hybridized carbons (Fsp3) is 0.130. The van der Waals surface area contributed by atoms with Crippen molar-refractivity contribution >= 4 is 35.4 Å². The Balaban J connectivity index is 1.64. The third kappa shape index (κ3) is 4.72. The summed E-state index contributed by atoms with van der Waals surface area (Å²) < 4.78 is 19.0. The fourth-order valence-electron chi connectivity index (χ4n) is 3.58. The van der Waals surface area contributed by atoms with E-state index in [9.17, 15) is 24.4 Å². The van der Waals surface area contributed by atoms with Crippen molar-refractivity contribution in [2.24, 2.45) is 0 Å². The van der Waals surface area contributed by atoms with Crippen LogP contribution in [0.5, 0.6) is 5.75 Å². The molecule has 4 aromatic rings. The molecule has 0 aliphatic carbocycles. The molecule has 0 amide bonds. The summed E-state index contributed by atoms with van der Waals surface area (Å²) in [5, 5.41) is 9.83. The number of hydrogen-bond donors (Lipinski definition) is 2. The summed E-state index contributed by atoms with van der Waals surface area (Å²) in [6.45, 7) is 1.93. The molecule has 34 heavy (non-hydrogen) atoms. The number of nitrogens with zero attached hydrogens (tertiary/aromatic N) is 4. The van der Waals surface area contributed by atoms with Gasteiger partial charge in [0, 0.05) is 16.8 Å². The van der Waals surface area contributed by atoms with Gasteiger partial charge >= 0.3 is 7.60 Å². The van der Waals surface area contributed by atoms with Gasteiger partial charge in [-0.3, -0.25) is 18.9 Å².